The molecule has 5 amide bonds. The molecule has 12 nitrogen and oxygen atoms in total. The lowest BCUT2D eigenvalue weighted by atomic mass is 9.93. The van der Waals surface area contributed by atoms with E-state index in [1.165, 1.54) is 23.9 Å². The van der Waals surface area contributed by atoms with Gasteiger partial charge in [-0.2, -0.15) is 0 Å². The van der Waals surface area contributed by atoms with Crippen LogP contribution in [-0.4, -0.2) is 96.7 Å². The Labute approximate surface area is 225 Å². The zero-order valence-corrected chi connectivity index (χ0v) is 24.0. The number of hydrogen-bond donors (Lipinski definition) is 3. The van der Waals surface area contributed by atoms with Crippen molar-refractivity contribution in [2.75, 3.05) is 27.2 Å². The average Bonchev–Trinajstić information content (AvgIpc) is 2.90. The maximum Gasteiger partial charge on any atom is 0.308 e. The first-order valence-electron chi connectivity index (χ1n) is 13.4. The molecule has 6 atom stereocenters. The highest BCUT2D eigenvalue weighted by Gasteiger charge is 2.39. The van der Waals surface area contributed by atoms with Crippen molar-refractivity contribution in [1.82, 2.24) is 25.8 Å². The van der Waals surface area contributed by atoms with Crippen LogP contribution in [0.25, 0.3) is 0 Å². The molecule has 1 aliphatic rings. The molecule has 1 saturated heterocycles. The van der Waals surface area contributed by atoms with E-state index in [1.54, 1.807) is 13.8 Å². The van der Waals surface area contributed by atoms with Crippen LogP contribution in [0.5, 0.6) is 0 Å². The minimum Gasteiger partial charge on any atom is -0.452 e. The lowest BCUT2D eigenvalue weighted by molar-refractivity contribution is -0.156. The Morgan fingerprint density at radius 3 is 2.03 bits per heavy atom. The van der Waals surface area contributed by atoms with Crippen molar-refractivity contribution in [3.63, 3.8) is 0 Å². The SMILES string of the molecule is CCC1OC(=O)CCNC(=O)C(C)N(C)C(=O)C(C(C)CC)N(C)C(=O)C(C(C)CC)NC(=O)CNC1=O. The smallest absolute Gasteiger partial charge is 0.308 e. The lowest BCUT2D eigenvalue weighted by Crippen LogP contribution is -2.60. The molecule has 6 unspecified atom stereocenters. The topological polar surface area (TPSA) is 154 Å². The summed E-state index contributed by atoms with van der Waals surface area (Å²) in [5.41, 5.74) is 0. The molecule has 0 aromatic rings. The van der Waals surface area contributed by atoms with E-state index in [9.17, 15) is 28.8 Å². The summed E-state index contributed by atoms with van der Waals surface area (Å²) < 4.78 is 5.21. The van der Waals surface area contributed by atoms with Crippen LogP contribution < -0.4 is 16.0 Å². The molecule has 0 aliphatic carbocycles. The highest BCUT2D eigenvalue weighted by atomic mass is 16.5. The number of esters is 1. The van der Waals surface area contributed by atoms with Crippen molar-refractivity contribution in [1.29, 1.82) is 0 Å². The molecule has 216 valence electrons. The molecule has 1 fully saturated rings. The molecular formula is C26H45N5O7. The largest absolute Gasteiger partial charge is 0.452 e. The molecule has 0 saturated carbocycles. The first-order chi connectivity index (χ1) is 17.8. The van der Waals surface area contributed by atoms with Crippen molar-refractivity contribution in [3.05, 3.63) is 0 Å². The third-order valence-corrected chi connectivity index (χ3v) is 7.29. The lowest BCUT2D eigenvalue weighted by Gasteiger charge is -2.38. The number of amides is 5. The van der Waals surface area contributed by atoms with Gasteiger partial charge in [0, 0.05) is 20.6 Å². The van der Waals surface area contributed by atoms with Gasteiger partial charge in [-0.15, -0.1) is 0 Å². The van der Waals surface area contributed by atoms with Crippen molar-refractivity contribution in [2.24, 2.45) is 11.8 Å². The fourth-order valence-electron chi connectivity index (χ4n) is 4.11. The van der Waals surface area contributed by atoms with Gasteiger partial charge in [-0.1, -0.05) is 47.5 Å². The van der Waals surface area contributed by atoms with Crippen LogP contribution in [0, 0.1) is 11.8 Å². The van der Waals surface area contributed by atoms with Gasteiger partial charge >= 0.3 is 5.97 Å². The second-order valence-electron chi connectivity index (χ2n) is 9.98. The Hall–Kier alpha value is -3.18. The summed E-state index contributed by atoms with van der Waals surface area (Å²) in [6, 6.07) is -2.70. The van der Waals surface area contributed by atoms with E-state index >= 15 is 0 Å². The van der Waals surface area contributed by atoms with Crippen molar-refractivity contribution in [3.8, 4) is 0 Å². The molecule has 1 heterocycles. The number of carbonyl (C=O) groups excluding carboxylic acids is 6. The summed E-state index contributed by atoms with van der Waals surface area (Å²) in [7, 11) is 3.02. The minimum absolute atomic E-state index is 0.0474. The van der Waals surface area contributed by atoms with Crippen LogP contribution in [0.3, 0.4) is 0 Å². The van der Waals surface area contributed by atoms with Crippen LogP contribution >= 0.6 is 0 Å². The Bertz CT molecular complexity index is 880. The third kappa shape index (κ3) is 8.70. The number of nitrogens with zero attached hydrogens (tertiary/aromatic N) is 2. The van der Waals surface area contributed by atoms with E-state index in [1.807, 2.05) is 27.7 Å². The molecule has 3 N–H and O–H groups in total. The number of nitrogens with one attached hydrogen (secondary N) is 3. The molecule has 0 spiro atoms. The average molecular weight is 540 g/mol. The van der Waals surface area contributed by atoms with Gasteiger partial charge in [0.05, 0.1) is 13.0 Å². The molecular weight excluding hydrogens is 494 g/mol. The van der Waals surface area contributed by atoms with Crippen LogP contribution in [0.15, 0.2) is 0 Å². The van der Waals surface area contributed by atoms with E-state index in [0.29, 0.717) is 12.8 Å². The van der Waals surface area contributed by atoms with Crippen molar-refractivity contribution >= 4 is 35.5 Å². The fourth-order valence-corrected chi connectivity index (χ4v) is 4.11. The molecule has 0 bridgehead atoms. The third-order valence-electron chi connectivity index (χ3n) is 7.29. The van der Waals surface area contributed by atoms with Gasteiger partial charge in [-0.05, 0) is 25.2 Å². The van der Waals surface area contributed by atoms with E-state index < -0.39 is 66.3 Å². The number of likely N-dealkylation sites (N-methyl/N-ethyl adjacent to an activating group) is 2. The molecule has 0 aromatic heterocycles. The molecule has 0 radical (unpaired) electrons. The summed E-state index contributed by atoms with van der Waals surface area (Å²) in [6.07, 6.45) is 0.0686. The molecule has 38 heavy (non-hydrogen) atoms. The minimum atomic E-state index is -1.11. The van der Waals surface area contributed by atoms with Gasteiger partial charge in [0.25, 0.3) is 5.91 Å². The Kier molecular flexibility index (Phi) is 13.2. The summed E-state index contributed by atoms with van der Waals surface area (Å²) in [6.45, 7) is 10.2. The summed E-state index contributed by atoms with van der Waals surface area (Å²) >= 11 is 0. The molecule has 1 aliphatic heterocycles. The second-order valence-corrected chi connectivity index (χ2v) is 9.98. The molecule has 1 rings (SSSR count). The first-order valence-corrected chi connectivity index (χ1v) is 13.4. The molecule has 0 aromatic carbocycles. The summed E-state index contributed by atoms with van der Waals surface area (Å²) in [4.78, 5) is 80.2. The van der Waals surface area contributed by atoms with Crippen LogP contribution in [0.4, 0.5) is 0 Å². The number of carbonyl (C=O) groups is 6. The van der Waals surface area contributed by atoms with Crippen LogP contribution in [0.2, 0.25) is 0 Å². The van der Waals surface area contributed by atoms with E-state index in [4.69, 9.17) is 4.74 Å². The zero-order chi connectivity index (χ0) is 29.2. The van der Waals surface area contributed by atoms with E-state index in [2.05, 4.69) is 16.0 Å². The Morgan fingerprint density at radius 2 is 1.47 bits per heavy atom. The van der Waals surface area contributed by atoms with E-state index in [0.717, 1.165) is 0 Å². The van der Waals surface area contributed by atoms with Gasteiger partial charge in [-0.3, -0.25) is 28.8 Å². The Morgan fingerprint density at radius 1 is 0.868 bits per heavy atom. The highest BCUT2D eigenvalue weighted by Crippen LogP contribution is 2.20. The Balaban J connectivity index is 3.42. The van der Waals surface area contributed by atoms with Crippen molar-refractivity contribution < 1.29 is 33.5 Å². The number of cyclic esters (lactones) is 1. The van der Waals surface area contributed by atoms with Gasteiger partial charge in [0.2, 0.25) is 23.6 Å². The predicted molar refractivity (Wildman–Crippen MR) is 140 cm³/mol. The van der Waals surface area contributed by atoms with Crippen LogP contribution in [-0.2, 0) is 33.5 Å². The number of rotatable bonds is 5. The summed E-state index contributed by atoms with van der Waals surface area (Å²) in [5, 5.41) is 7.77. The normalized spacial score (nSPS) is 27.3. The zero-order valence-electron chi connectivity index (χ0n) is 24.0. The van der Waals surface area contributed by atoms with Crippen LogP contribution in [0.1, 0.15) is 67.2 Å². The highest BCUT2D eigenvalue weighted by molar-refractivity contribution is 5.95. The quantitative estimate of drug-likeness (QED) is 0.422. The second kappa shape index (κ2) is 15.3. The maximum absolute atomic E-state index is 13.7. The maximum atomic E-state index is 13.7. The number of hydrogen-bond acceptors (Lipinski definition) is 7. The van der Waals surface area contributed by atoms with Gasteiger partial charge in [-0.25, -0.2) is 0 Å². The fraction of sp³-hybridized carbons (Fsp3) is 0.769. The standard InChI is InChI=1S/C26H45N5O7/c1-9-15(4)21-25(36)31(8)22(16(5)10-2)26(37)30(7)17(6)23(34)27-13-12-20(33)38-18(11-3)24(35)28-14-19(32)29-21/h15-18,21-22H,9-14H2,1-8H3,(H,27,34)(H,28,35)(H,29,32). The van der Waals surface area contributed by atoms with Crippen molar-refractivity contribution in [2.45, 2.75) is 91.5 Å². The first kappa shape index (κ1) is 32.8. The van der Waals surface area contributed by atoms with Gasteiger partial charge in [0.15, 0.2) is 6.10 Å². The monoisotopic (exact) mass is 539 g/mol. The van der Waals surface area contributed by atoms with Gasteiger partial charge < -0.3 is 30.5 Å². The molecule has 12 heteroatoms. The van der Waals surface area contributed by atoms with Gasteiger partial charge in [0.1, 0.15) is 18.1 Å². The summed E-state index contributed by atoms with van der Waals surface area (Å²) in [5.74, 6) is -3.75. The predicted octanol–water partition coefficient (Wildman–Crippen LogP) is 0.195. The number of ether oxygens (including phenoxy) is 1. The van der Waals surface area contributed by atoms with E-state index in [-0.39, 0.29) is 31.2 Å².